The fourth-order valence-corrected chi connectivity index (χ4v) is 0.777. The van der Waals surface area contributed by atoms with Gasteiger partial charge in [0.25, 0.3) is 0 Å². The Labute approximate surface area is 73.2 Å². The van der Waals surface area contributed by atoms with Gasteiger partial charge in [-0.25, -0.2) is 0 Å². The van der Waals surface area contributed by atoms with Crippen LogP contribution in [0.1, 0.15) is 6.92 Å². The Bertz CT molecular complexity index is 127. The van der Waals surface area contributed by atoms with E-state index in [0.29, 0.717) is 13.2 Å². The predicted molar refractivity (Wildman–Crippen MR) is 45.9 cm³/mol. The van der Waals surface area contributed by atoms with Gasteiger partial charge in [-0.05, 0) is 0 Å². The highest BCUT2D eigenvalue weighted by molar-refractivity contribution is 5.71. The molecule has 0 fully saturated rings. The zero-order valence-corrected chi connectivity index (χ0v) is 7.92. The number of rotatable bonds is 6. The van der Waals surface area contributed by atoms with Crippen LogP contribution in [-0.4, -0.2) is 39.9 Å². The van der Waals surface area contributed by atoms with Gasteiger partial charge in [0.15, 0.2) is 0 Å². The SMILES string of the molecule is COCCNCC(C)C(=O)OC. The maximum absolute atomic E-state index is 10.9. The van der Waals surface area contributed by atoms with Crippen molar-refractivity contribution in [2.75, 3.05) is 33.9 Å². The first-order valence-electron chi connectivity index (χ1n) is 3.99. The second-order valence-corrected chi connectivity index (χ2v) is 2.62. The zero-order chi connectivity index (χ0) is 9.40. The Kier molecular flexibility index (Phi) is 6.70. The molecule has 0 aromatic carbocycles. The molecule has 0 aliphatic heterocycles. The second kappa shape index (κ2) is 7.06. The molecular weight excluding hydrogens is 158 g/mol. The molecule has 0 aromatic rings. The molecule has 0 aliphatic carbocycles. The van der Waals surface area contributed by atoms with Crippen molar-refractivity contribution >= 4 is 5.97 Å². The summed E-state index contributed by atoms with van der Waals surface area (Å²) in [6, 6.07) is 0. The zero-order valence-electron chi connectivity index (χ0n) is 7.92. The number of hydrogen-bond acceptors (Lipinski definition) is 4. The van der Waals surface area contributed by atoms with Gasteiger partial charge in [0, 0.05) is 20.2 Å². The van der Waals surface area contributed by atoms with Crippen LogP contribution in [0.25, 0.3) is 0 Å². The molecule has 0 amide bonds. The topological polar surface area (TPSA) is 47.6 Å². The Balaban J connectivity index is 3.31. The molecule has 0 aromatic heterocycles. The van der Waals surface area contributed by atoms with Crippen molar-refractivity contribution in [2.45, 2.75) is 6.92 Å². The monoisotopic (exact) mass is 175 g/mol. The normalized spacial score (nSPS) is 12.6. The summed E-state index contributed by atoms with van der Waals surface area (Å²) in [4.78, 5) is 10.9. The summed E-state index contributed by atoms with van der Waals surface area (Å²) in [5.74, 6) is -0.272. The highest BCUT2D eigenvalue weighted by Crippen LogP contribution is 1.94. The van der Waals surface area contributed by atoms with E-state index in [2.05, 4.69) is 10.1 Å². The molecule has 72 valence electrons. The maximum Gasteiger partial charge on any atom is 0.309 e. The van der Waals surface area contributed by atoms with Crippen molar-refractivity contribution in [1.29, 1.82) is 0 Å². The lowest BCUT2D eigenvalue weighted by molar-refractivity contribution is -0.144. The number of esters is 1. The first-order chi connectivity index (χ1) is 5.72. The summed E-state index contributed by atoms with van der Waals surface area (Å²) in [5, 5.41) is 3.08. The van der Waals surface area contributed by atoms with Crippen LogP contribution < -0.4 is 5.32 Å². The van der Waals surface area contributed by atoms with Crippen LogP contribution in [0, 0.1) is 5.92 Å². The van der Waals surface area contributed by atoms with Crippen LogP contribution in [0.4, 0.5) is 0 Å². The van der Waals surface area contributed by atoms with Gasteiger partial charge in [0.1, 0.15) is 0 Å². The molecule has 4 heteroatoms. The van der Waals surface area contributed by atoms with E-state index in [9.17, 15) is 4.79 Å². The minimum Gasteiger partial charge on any atom is -0.469 e. The van der Waals surface area contributed by atoms with Crippen LogP contribution in [0.3, 0.4) is 0 Å². The van der Waals surface area contributed by atoms with E-state index in [0.717, 1.165) is 6.54 Å². The summed E-state index contributed by atoms with van der Waals surface area (Å²) in [7, 11) is 3.04. The molecule has 0 heterocycles. The number of hydrogen-bond donors (Lipinski definition) is 1. The molecule has 0 saturated heterocycles. The first kappa shape index (κ1) is 11.4. The highest BCUT2D eigenvalue weighted by Gasteiger charge is 2.11. The van der Waals surface area contributed by atoms with Gasteiger partial charge in [-0.15, -0.1) is 0 Å². The van der Waals surface area contributed by atoms with Gasteiger partial charge in [0.2, 0.25) is 0 Å². The third kappa shape index (κ3) is 5.09. The molecule has 1 N–H and O–H groups in total. The largest absolute Gasteiger partial charge is 0.469 e. The summed E-state index contributed by atoms with van der Waals surface area (Å²) in [5.41, 5.74) is 0. The molecule has 0 spiro atoms. The van der Waals surface area contributed by atoms with E-state index < -0.39 is 0 Å². The lowest BCUT2D eigenvalue weighted by Gasteiger charge is -2.09. The quantitative estimate of drug-likeness (QED) is 0.457. The fraction of sp³-hybridized carbons (Fsp3) is 0.875. The minimum atomic E-state index is -0.181. The second-order valence-electron chi connectivity index (χ2n) is 2.62. The van der Waals surface area contributed by atoms with E-state index in [1.54, 1.807) is 7.11 Å². The van der Waals surface area contributed by atoms with Crippen molar-refractivity contribution in [1.82, 2.24) is 5.32 Å². The Morgan fingerprint density at radius 1 is 1.50 bits per heavy atom. The molecule has 0 rings (SSSR count). The van der Waals surface area contributed by atoms with Crippen molar-refractivity contribution in [2.24, 2.45) is 5.92 Å². The van der Waals surface area contributed by atoms with Crippen LogP contribution in [0.15, 0.2) is 0 Å². The third-order valence-electron chi connectivity index (χ3n) is 1.54. The molecule has 0 radical (unpaired) electrons. The average molecular weight is 175 g/mol. The number of carbonyl (C=O) groups is 1. The number of ether oxygens (including phenoxy) is 2. The van der Waals surface area contributed by atoms with Gasteiger partial charge in [-0.3, -0.25) is 4.79 Å². The maximum atomic E-state index is 10.9. The third-order valence-corrected chi connectivity index (χ3v) is 1.54. The van der Waals surface area contributed by atoms with Gasteiger partial charge < -0.3 is 14.8 Å². The molecule has 1 unspecified atom stereocenters. The van der Waals surface area contributed by atoms with E-state index in [-0.39, 0.29) is 11.9 Å². The smallest absolute Gasteiger partial charge is 0.309 e. The first-order valence-corrected chi connectivity index (χ1v) is 3.99. The minimum absolute atomic E-state index is 0.0909. The van der Waals surface area contributed by atoms with Crippen molar-refractivity contribution in [3.8, 4) is 0 Å². The molecule has 1 atom stereocenters. The van der Waals surface area contributed by atoms with Crippen LogP contribution in [0.5, 0.6) is 0 Å². The number of methoxy groups -OCH3 is 2. The van der Waals surface area contributed by atoms with E-state index in [1.807, 2.05) is 6.92 Å². The molecule has 0 aliphatic rings. The fourth-order valence-electron chi connectivity index (χ4n) is 0.777. The number of carbonyl (C=O) groups excluding carboxylic acids is 1. The standard InChI is InChI=1S/C8H17NO3/c1-7(8(10)12-3)6-9-4-5-11-2/h7,9H,4-6H2,1-3H3. The number of nitrogens with one attached hydrogen (secondary N) is 1. The molecule has 12 heavy (non-hydrogen) atoms. The van der Waals surface area contributed by atoms with Crippen LogP contribution in [-0.2, 0) is 14.3 Å². The van der Waals surface area contributed by atoms with Gasteiger partial charge in [-0.2, -0.15) is 0 Å². The van der Waals surface area contributed by atoms with E-state index >= 15 is 0 Å². The van der Waals surface area contributed by atoms with Gasteiger partial charge in [0.05, 0.1) is 19.6 Å². The lowest BCUT2D eigenvalue weighted by Crippen LogP contribution is -2.29. The van der Waals surface area contributed by atoms with E-state index in [4.69, 9.17) is 4.74 Å². The summed E-state index contributed by atoms with van der Waals surface area (Å²) in [6.07, 6.45) is 0. The average Bonchev–Trinajstić information content (AvgIpc) is 2.10. The van der Waals surface area contributed by atoms with Crippen molar-refractivity contribution < 1.29 is 14.3 Å². The Hall–Kier alpha value is -0.610. The Morgan fingerprint density at radius 2 is 2.17 bits per heavy atom. The van der Waals surface area contributed by atoms with Gasteiger partial charge in [-0.1, -0.05) is 6.92 Å². The van der Waals surface area contributed by atoms with Crippen LogP contribution in [0.2, 0.25) is 0 Å². The molecular formula is C8H17NO3. The van der Waals surface area contributed by atoms with Crippen LogP contribution >= 0.6 is 0 Å². The lowest BCUT2D eigenvalue weighted by atomic mass is 10.2. The van der Waals surface area contributed by atoms with Crippen molar-refractivity contribution in [3.05, 3.63) is 0 Å². The molecule has 4 nitrogen and oxygen atoms in total. The molecule has 0 bridgehead atoms. The molecule has 0 saturated carbocycles. The predicted octanol–water partition coefficient (Wildman–Crippen LogP) is 0.0315. The van der Waals surface area contributed by atoms with Gasteiger partial charge >= 0.3 is 5.97 Å². The summed E-state index contributed by atoms with van der Waals surface area (Å²) < 4.78 is 9.39. The summed E-state index contributed by atoms with van der Waals surface area (Å²) in [6.45, 7) is 3.88. The highest BCUT2D eigenvalue weighted by atomic mass is 16.5. The Morgan fingerprint density at radius 3 is 2.67 bits per heavy atom. The summed E-state index contributed by atoms with van der Waals surface area (Å²) >= 11 is 0. The van der Waals surface area contributed by atoms with Crippen molar-refractivity contribution in [3.63, 3.8) is 0 Å². The van der Waals surface area contributed by atoms with E-state index in [1.165, 1.54) is 7.11 Å².